The second-order valence-electron chi connectivity index (χ2n) is 5.77. The van der Waals surface area contributed by atoms with Crippen LogP contribution in [0, 0.1) is 12.8 Å². The highest BCUT2D eigenvalue weighted by atomic mass is 16.5. The molecule has 1 rings (SSSR count). The number of aryl methyl sites for hydroxylation is 1. The Kier molecular flexibility index (Phi) is 5.40. The monoisotopic (exact) mass is 264 g/mol. The van der Waals surface area contributed by atoms with Gasteiger partial charge in [0.05, 0.1) is 0 Å². The lowest BCUT2D eigenvalue weighted by Crippen LogP contribution is -2.29. The number of carboxylic acid groups (broad SMARTS) is 1. The molecule has 1 aromatic carbocycles. The first-order valence-electron chi connectivity index (χ1n) is 6.81. The normalized spacial score (nSPS) is 12.8. The fourth-order valence-corrected chi connectivity index (χ4v) is 2.00. The van der Waals surface area contributed by atoms with E-state index < -0.39 is 12.1 Å². The number of carboxylic acids is 1. The topological polar surface area (TPSA) is 46.5 Å². The van der Waals surface area contributed by atoms with Crippen LogP contribution in [0.25, 0.3) is 0 Å². The number of carbonyl (C=O) groups is 1. The van der Waals surface area contributed by atoms with Crippen LogP contribution in [0.3, 0.4) is 0 Å². The molecule has 0 aromatic heterocycles. The molecule has 3 heteroatoms. The van der Waals surface area contributed by atoms with E-state index in [2.05, 4.69) is 13.8 Å². The molecule has 0 fully saturated rings. The smallest absolute Gasteiger partial charge is 0.344 e. The maximum Gasteiger partial charge on any atom is 0.344 e. The van der Waals surface area contributed by atoms with Gasteiger partial charge >= 0.3 is 5.97 Å². The molecule has 1 aromatic rings. The summed E-state index contributed by atoms with van der Waals surface area (Å²) in [5, 5.41) is 9.26. The molecule has 19 heavy (non-hydrogen) atoms. The summed E-state index contributed by atoms with van der Waals surface area (Å²) in [5.41, 5.74) is 2.13. The van der Waals surface area contributed by atoms with Crippen LogP contribution in [0.2, 0.25) is 0 Å². The van der Waals surface area contributed by atoms with Crippen LogP contribution >= 0.6 is 0 Å². The second-order valence-corrected chi connectivity index (χ2v) is 5.77. The number of aliphatic carboxylic acids is 1. The van der Waals surface area contributed by atoms with Crippen LogP contribution in [0.1, 0.15) is 51.2 Å². The van der Waals surface area contributed by atoms with Crippen molar-refractivity contribution in [2.75, 3.05) is 0 Å². The summed E-state index contributed by atoms with van der Waals surface area (Å²) in [7, 11) is 0. The van der Waals surface area contributed by atoms with Crippen LogP contribution in [0.5, 0.6) is 5.75 Å². The predicted octanol–water partition coefficient (Wildman–Crippen LogP) is 4.00. The summed E-state index contributed by atoms with van der Waals surface area (Å²) >= 11 is 0. The molecule has 1 atom stereocenters. The lowest BCUT2D eigenvalue weighted by Gasteiger charge is -2.21. The van der Waals surface area contributed by atoms with Gasteiger partial charge in [-0.2, -0.15) is 0 Å². The first kappa shape index (κ1) is 15.5. The largest absolute Gasteiger partial charge is 0.479 e. The van der Waals surface area contributed by atoms with Crippen molar-refractivity contribution in [1.29, 1.82) is 0 Å². The minimum atomic E-state index is -0.898. The lowest BCUT2D eigenvalue weighted by atomic mass is 10.00. The number of rotatable bonds is 6. The molecule has 3 nitrogen and oxygen atoms in total. The summed E-state index contributed by atoms with van der Waals surface area (Å²) < 4.78 is 5.76. The Morgan fingerprint density at radius 3 is 2.37 bits per heavy atom. The minimum absolute atomic E-state index is 0.286. The highest BCUT2D eigenvalue weighted by molar-refractivity contribution is 5.72. The molecule has 0 heterocycles. The van der Waals surface area contributed by atoms with Gasteiger partial charge in [0.1, 0.15) is 5.75 Å². The molecular weight excluding hydrogens is 240 g/mol. The average molecular weight is 264 g/mol. The zero-order valence-electron chi connectivity index (χ0n) is 12.4. The highest BCUT2D eigenvalue weighted by Gasteiger charge is 2.22. The van der Waals surface area contributed by atoms with Gasteiger partial charge in [0.15, 0.2) is 6.10 Å². The second kappa shape index (κ2) is 6.60. The van der Waals surface area contributed by atoms with Crippen LogP contribution in [0.15, 0.2) is 18.2 Å². The molecule has 0 aliphatic heterocycles. The Balaban J connectivity index is 3.01. The van der Waals surface area contributed by atoms with Gasteiger partial charge in [-0.1, -0.05) is 39.8 Å². The van der Waals surface area contributed by atoms with Gasteiger partial charge in [-0.3, -0.25) is 0 Å². The SMILES string of the molecule is Cc1ccc(C(C)C)c(O[C@H](CC(C)C)C(=O)O)c1. The Morgan fingerprint density at radius 1 is 1.26 bits per heavy atom. The molecule has 1 N–H and O–H groups in total. The standard InChI is InChI=1S/C16H24O3/c1-10(2)8-15(16(17)18)19-14-9-12(5)6-7-13(14)11(3)4/h6-7,9-11,15H,8H2,1-5H3,(H,17,18)/t15-/m1/s1. The molecule has 0 unspecified atom stereocenters. The third-order valence-electron chi connectivity index (χ3n) is 3.02. The molecule has 0 spiro atoms. The molecule has 106 valence electrons. The summed E-state index contributed by atoms with van der Waals surface area (Å²) in [4.78, 5) is 11.3. The van der Waals surface area contributed by atoms with E-state index in [-0.39, 0.29) is 5.92 Å². The van der Waals surface area contributed by atoms with Crippen molar-refractivity contribution < 1.29 is 14.6 Å². The summed E-state index contributed by atoms with van der Waals surface area (Å²) in [5.74, 6) is 0.394. The maximum absolute atomic E-state index is 11.3. The van der Waals surface area contributed by atoms with E-state index >= 15 is 0 Å². The van der Waals surface area contributed by atoms with Crippen molar-refractivity contribution in [3.8, 4) is 5.75 Å². The molecule has 0 saturated heterocycles. The molecule has 0 aliphatic carbocycles. The Bertz CT molecular complexity index is 436. The van der Waals surface area contributed by atoms with Gasteiger partial charge in [0.2, 0.25) is 0 Å². The van der Waals surface area contributed by atoms with Crippen molar-refractivity contribution in [2.24, 2.45) is 5.92 Å². The van der Waals surface area contributed by atoms with Gasteiger partial charge < -0.3 is 9.84 Å². The Hall–Kier alpha value is -1.51. The van der Waals surface area contributed by atoms with Crippen LogP contribution in [0.4, 0.5) is 0 Å². The number of hydrogen-bond acceptors (Lipinski definition) is 2. The van der Waals surface area contributed by atoms with Crippen LogP contribution in [-0.4, -0.2) is 17.2 Å². The summed E-state index contributed by atoms with van der Waals surface area (Å²) in [6.07, 6.45) is -0.264. The zero-order chi connectivity index (χ0) is 14.6. The molecule has 0 aliphatic rings. The number of ether oxygens (including phenoxy) is 1. The van der Waals surface area contributed by atoms with Crippen molar-refractivity contribution >= 4 is 5.97 Å². The number of hydrogen-bond donors (Lipinski definition) is 1. The van der Waals surface area contributed by atoms with Crippen LogP contribution in [-0.2, 0) is 4.79 Å². The average Bonchev–Trinajstić information content (AvgIpc) is 2.26. The van der Waals surface area contributed by atoms with Crippen molar-refractivity contribution in [3.63, 3.8) is 0 Å². The molecule has 0 radical (unpaired) electrons. The van der Waals surface area contributed by atoms with E-state index in [0.29, 0.717) is 18.1 Å². The first-order valence-corrected chi connectivity index (χ1v) is 6.81. The molecule has 0 amide bonds. The van der Waals surface area contributed by atoms with Gasteiger partial charge in [0, 0.05) is 0 Å². The van der Waals surface area contributed by atoms with E-state index in [1.807, 2.05) is 39.0 Å². The summed E-state index contributed by atoms with van der Waals surface area (Å²) in [6.45, 7) is 10.1. The summed E-state index contributed by atoms with van der Waals surface area (Å²) in [6, 6.07) is 5.97. The third-order valence-corrected chi connectivity index (χ3v) is 3.02. The minimum Gasteiger partial charge on any atom is -0.479 e. The van der Waals surface area contributed by atoms with Crippen molar-refractivity contribution in [1.82, 2.24) is 0 Å². The fourth-order valence-electron chi connectivity index (χ4n) is 2.00. The highest BCUT2D eigenvalue weighted by Crippen LogP contribution is 2.29. The first-order chi connectivity index (χ1) is 8.81. The van der Waals surface area contributed by atoms with Crippen LogP contribution < -0.4 is 4.74 Å². The predicted molar refractivity (Wildman–Crippen MR) is 76.8 cm³/mol. The lowest BCUT2D eigenvalue weighted by molar-refractivity contribution is -0.145. The molecule has 0 saturated carbocycles. The van der Waals surface area contributed by atoms with Gasteiger partial charge in [-0.25, -0.2) is 4.79 Å². The Morgan fingerprint density at radius 2 is 1.89 bits per heavy atom. The third kappa shape index (κ3) is 4.58. The van der Waals surface area contributed by atoms with Crippen molar-refractivity contribution in [3.05, 3.63) is 29.3 Å². The molecule has 0 bridgehead atoms. The maximum atomic E-state index is 11.3. The van der Waals surface area contributed by atoms with E-state index in [1.165, 1.54) is 0 Å². The van der Waals surface area contributed by atoms with E-state index in [4.69, 9.17) is 4.74 Å². The van der Waals surface area contributed by atoms with E-state index in [0.717, 1.165) is 11.1 Å². The number of benzene rings is 1. The van der Waals surface area contributed by atoms with Crippen molar-refractivity contribution in [2.45, 2.75) is 53.1 Å². The quantitative estimate of drug-likeness (QED) is 0.844. The van der Waals surface area contributed by atoms with E-state index in [9.17, 15) is 9.90 Å². The zero-order valence-corrected chi connectivity index (χ0v) is 12.4. The Labute approximate surface area is 115 Å². The molecular formula is C16H24O3. The van der Waals surface area contributed by atoms with Gasteiger partial charge in [-0.15, -0.1) is 0 Å². The van der Waals surface area contributed by atoms with Gasteiger partial charge in [0.25, 0.3) is 0 Å². The van der Waals surface area contributed by atoms with Gasteiger partial charge in [-0.05, 0) is 42.4 Å². The van der Waals surface area contributed by atoms with E-state index in [1.54, 1.807) is 0 Å². The fraction of sp³-hybridized carbons (Fsp3) is 0.562.